The molecule has 2 rings (SSSR count). The lowest BCUT2D eigenvalue weighted by Gasteiger charge is -2.34. The Balaban J connectivity index is 1.89. The van der Waals surface area contributed by atoms with Crippen molar-refractivity contribution in [1.29, 1.82) is 0 Å². The van der Waals surface area contributed by atoms with E-state index >= 15 is 0 Å². The molecule has 1 amide bonds. The number of carbonyl (C=O) groups is 1. The average molecular weight is 308 g/mol. The number of hydrogen-bond acceptors (Lipinski definition) is 4. The highest BCUT2D eigenvalue weighted by atomic mass is 16.3. The molecule has 124 valence electrons. The van der Waals surface area contributed by atoms with Crippen LogP contribution in [0, 0.1) is 0 Å². The first-order chi connectivity index (χ1) is 10.6. The van der Waals surface area contributed by atoms with Gasteiger partial charge in [-0.25, -0.2) is 0 Å². The van der Waals surface area contributed by atoms with Gasteiger partial charge < -0.3 is 14.8 Å². The van der Waals surface area contributed by atoms with Crippen molar-refractivity contribution in [2.45, 2.75) is 64.1 Å². The second-order valence-electron chi connectivity index (χ2n) is 6.37. The summed E-state index contributed by atoms with van der Waals surface area (Å²) in [7, 11) is 0. The van der Waals surface area contributed by atoms with Crippen molar-refractivity contribution < 1.29 is 14.3 Å². The number of aliphatic hydroxyl groups is 1. The molecule has 0 aliphatic heterocycles. The van der Waals surface area contributed by atoms with E-state index in [0.717, 1.165) is 18.6 Å². The summed E-state index contributed by atoms with van der Waals surface area (Å²) in [5, 5.41) is 12.7. The van der Waals surface area contributed by atoms with Gasteiger partial charge in [-0.1, -0.05) is 19.3 Å². The number of aliphatic hydroxyl groups excluding tert-OH is 1. The summed E-state index contributed by atoms with van der Waals surface area (Å²) in [5.74, 6) is 0.739. The Morgan fingerprint density at radius 3 is 2.73 bits per heavy atom. The lowest BCUT2D eigenvalue weighted by atomic mass is 9.94. The zero-order valence-corrected chi connectivity index (χ0v) is 13.6. The van der Waals surface area contributed by atoms with Crippen molar-refractivity contribution in [3.8, 4) is 0 Å². The van der Waals surface area contributed by atoms with Crippen LogP contribution in [0.1, 0.15) is 57.8 Å². The smallest absolute Gasteiger partial charge is 0.234 e. The molecule has 2 atom stereocenters. The van der Waals surface area contributed by atoms with Crippen LogP contribution in [0.3, 0.4) is 0 Å². The molecule has 0 saturated heterocycles. The van der Waals surface area contributed by atoms with Crippen LogP contribution in [-0.4, -0.2) is 41.1 Å². The summed E-state index contributed by atoms with van der Waals surface area (Å²) < 4.78 is 5.31. The number of furan rings is 1. The molecule has 5 heteroatoms. The quantitative estimate of drug-likeness (QED) is 0.812. The molecule has 0 radical (unpaired) electrons. The van der Waals surface area contributed by atoms with Crippen LogP contribution >= 0.6 is 0 Å². The van der Waals surface area contributed by atoms with Gasteiger partial charge in [0, 0.05) is 12.6 Å². The molecule has 0 bridgehead atoms. The van der Waals surface area contributed by atoms with Crippen LogP contribution < -0.4 is 5.32 Å². The molecule has 1 aliphatic rings. The molecule has 1 saturated carbocycles. The third kappa shape index (κ3) is 5.14. The largest absolute Gasteiger partial charge is 0.467 e. The summed E-state index contributed by atoms with van der Waals surface area (Å²) in [6.07, 6.45) is 7.14. The first-order valence-corrected chi connectivity index (χ1v) is 8.31. The summed E-state index contributed by atoms with van der Waals surface area (Å²) >= 11 is 0. The molecule has 1 aromatic heterocycles. The number of nitrogens with one attached hydrogen (secondary N) is 1. The van der Waals surface area contributed by atoms with Crippen molar-refractivity contribution in [2.75, 3.05) is 13.1 Å². The summed E-state index contributed by atoms with van der Waals surface area (Å²) in [4.78, 5) is 14.4. The lowest BCUT2D eigenvalue weighted by Crippen LogP contribution is -2.46. The molecule has 0 spiro atoms. The maximum absolute atomic E-state index is 12.3. The van der Waals surface area contributed by atoms with Crippen LogP contribution in [0.2, 0.25) is 0 Å². The first-order valence-electron chi connectivity index (χ1n) is 8.31. The molecule has 1 aliphatic carbocycles. The number of carbonyl (C=O) groups excluding carboxylic acids is 1. The van der Waals surface area contributed by atoms with Crippen molar-refractivity contribution >= 4 is 5.91 Å². The Labute approximate surface area is 132 Å². The zero-order chi connectivity index (χ0) is 15.9. The molecule has 1 aromatic rings. The maximum Gasteiger partial charge on any atom is 0.234 e. The Kier molecular flexibility index (Phi) is 6.46. The van der Waals surface area contributed by atoms with Crippen LogP contribution in [0.25, 0.3) is 0 Å². The number of nitrogens with zero attached hydrogens (tertiary/aromatic N) is 1. The van der Waals surface area contributed by atoms with Gasteiger partial charge in [0.2, 0.25) is 5.91 Å². The van der Waals surface area contributed by atoms with Gasteiger partial charge in [0.05, 0.1) is 25.0 Å². The fourth-order valence-electron chi connectivity index (χ4n) is 3.21. The van der Waals surface area contributed by atoms with E-state index in [4.69, 9.17) is 4.42 Å². The number of hydrogen-bond donors (Lipinski definition) is 2. The predicted molar refractivity (Wildman–Crippen MR) is 85.4 cm³/mol. The highest BCUT2D eigenvalue weighted by Gasteiger charge is 2.24. The molecule has 0 aromatic carbocycles. The van der Waals surface area contributed by atoms with E-state index in [1.807, 2.05) is 19.1 Å². The summed E-state index contributed by atoms with van der Waals surface area (Å²) in [6.45, 7) is 4.57. The van der Waals surface area contributed by atoms with Gasteiger partial charge in [0.1, 0.15) is 5.76 Å². The summed E-state index contributed by atoms with van der Waals surface area (Å²) in [5.41, 5.74) is 0. The van der Waals surface area contributed by atoms with E-state index in [1.54, 1.807) is 13.2 Å². The van der Waals surface area contributed by atoms with E-state index < -0.39 is 6.10 Å². The number of amides is 1. The molecule has 1 fully saturated rings. The van der Waals surface area contributed by atoms with Crippen molar-refractivity contribution in [2.24, 2.45) is 0 Å². The minimum atomic E-state index is -0.419. The molecule has 22 heavy (non-hydrogen) atoms. The zero-order valence-electron chi connectivity index (χ0n) is 13.6. The third-order valence-corrected chi connectivity index (χ3v) is 4.28. The standard InChI is InChI=1S/C17H28N2O3/c1-13(20)11-19(15-7-4-3-5-8-15)12-17(21)18-14(2)16-9-6-10-22-16/h6,9-10,13-15,20H,3-5,7-8,11-12H2,1-2H3,(H,18,21)/t13-,14-/m0/s1. The van der Waals surface area contributed by atoms with Crippen LogP contribution in [-0.2, 0) is 4.79 Å². The maximum atomic E-state index is 12.3. The van der Waals surface area contributed by atoms with Gasteiger partial charge in [-0.05, 0) is 38.8 Å². The SMILES string of the molecule is C[C@H](O)CN(CC(=O)N[C@@H](C)c1ccco1)C1CCCCC1. The van der Waals surface area contributed by atoms with Gasteiger partial charge in [0.15, 0.2) is 0 Å². The monoisotopic (exact) mass is 308 g/mol. The van der Waals surface area contributed by atoms with Crippen molar-refractivity contribution in [1.82, 2.24) is 10.2 Å². The molecule has 1 heterocycles. The van der Waals surface area contributed by atoms with Crippen LogP contribution in [0.15, 0.2) is 22.8 Å². The normalized spacial score (nSPS) is 19.1. The van der Waals surface area contributed by atoms with Gasteiger partial charge in [-0.2, -0.15) is 0 Å². The third-order valence-electron chi connectivity index (χ3n) is 4.28. The van der Waals surface area contributed by atoms with E-state index in [0.29, 0.717) is 19.1 Å². The topological polar surface area (TPSA) is 65.7 Å². The minimum absolute atomic E-state index is 0.0184. The average Bonchev–Trinajstić information content (AvgIpc) is 3.01. The van der Waals surface area contributed by atoms with Gasteiger partial charge >= 0.3 is 0 Å². The van der Waals surface area contributed by atoms with E-state index in [9.17, 15) is 9.90 Å². The Hall–Kier alpha value is -1.33. The Morgan fingerprint density at radius 2 is 2.14 bits per heavy atom. The first kappa shape index (κ1) is 17.0. The highest BCUT2D eigenvalue weighted by Crippen LogP contribution is 2.22. The minimum Gasteiger partial charge on any atom is -0.467 e. The van der Waals surface area contributed by atoms with Gasteiger partial charge in [0.25, 0.3) is 0 Å². The fourth-order valence-corrected chi connectivity index (χ4v) is 3.21. The second-order valence-corrected chi connectivity index (χ2v) is 6.37. The lowest BCUT2D eigenvalue weighted by molar-refractivity contribution is -0.124. The number of rotatable bonds is 7. The highest BCUT2D eigenvalue weighted by molar-refractivity contribution is 5.78. The Bertz CT molecular complexity index is 439. The molecule has 0 unspecified atom stereocenters. The molecular formula is C17H28N2O3. The molecule has 5 nitrogen and oxygen atoms in total. The summed E-state index contributed by atoms with van der Waals surface area (Å²) in [6, 6.07) is 3.95. The van der Waals surface area contributed by atoms with E-state index in [-0.39, 0.29) is 11.9 Å². The molecular weight excluding hydrogens is 280 g/mol. The van der Waals surface area contributed by atoms with Crippen LogP contribution in [0.4, 0.5) is 0 Å². The fraction of sp³-hybridized carbons (Fsp3) is 0.706. The van der Waals surface area contributed by atoms with Crippen molar-refractivity contribution in [3.63, 3.8) is 0 Å². The predicted octanol–water partition coefficient (Wildman–Crippen LogP) is 2.47. The van der Waals surface area contributed by atoms with Gasteiger partial charge in [-0.15, -0.1) is 0 Å². The van der Waals surface area contributed by atoms with Crippen molar-refractivity contribution in [3.05, 3.63) is 24.2 Å². The Morgan fingerprint density at radius 1 is 1.41 bits per heavy atom. The second kappa shape index (κ2) is 8.34. The van der Waals surface area contributed by atoms with Gasteiger partial charge in [-0.3, -0.25) is 9.69 Å². The van der Waals surface area contributed by atoms with E-state index in [1.165, 1.54) is 19.3 Å². The molecule has 2 N–H and O–H groups in total. The van der Waals surface area contributed by atoms with Crippen LogP contribution in [0.5, 0.6) is 0 Å². The van der Waals surface area contributed by atoms with E-state index in [2.05, 4.69) is 10.2 Å².